The lowest BCUT2D eigenvalue weighted by molar-refractivity contribution is 0.0478. The van der Waals surface area contributed by atoms with Crippen LogP contribution in [0.3, 0.4) is 0 Å². The molecule has 9 heteroatoms. The zero-order chi connectivity index (χ0) is 20.7. The molecule has 3 heterocycles. The van der Waals surface area contributed by atoms with Gasteiger partial charge in [0.1, 0.15) is 27.1 Å². The minimum absolute atomic E-state index is 0.00954. The van der Waals surface area contributed by atoms with Crippen LogP contribution in [0.5, 0.6) is 5.75 Å². The molecule has 3 aromatic rings. The first-order chi connectivity index (χ1) is 13.9. The van der Waals surface area contributed by atoms with Crippen molar-refractivity contribution in [3.8, 4) is 5.75 Å². The second-order valence-electron chi connectivity index (χ2n) is 6.67. The van der Waals surface area contributed by atoms with Crippen LogP contribution in [0, 0.1) is 12.7 Å². The van der Waals surface area contributed by atoms with Crippen LogP contribution in [0.4, 0.5) is 4.39 Å². The number of methoxy groups -OCH3 is 1. The Labute approximate surface area is 168 Å². The second-order valence-corrected chi connectivity index (χ2v) is 7.67. The Kier molecular flexibility index (Phi) is 4.91. The Bertz CT molecular complexity index is 1210. The van der Waals surface area contributed by atoms with E-state index in [-0.39, 0.29) is 21.7 Å². The Morgan fingerprint density at radius 3 is 2.90 bits per heavy atom. The van der Waals surface area contributed by atoms with E-state index in [0.29, 0.717) is 22.3 Å². The number of hydrogen-bond donors (Lipinski definition) is 0. The molecule has 1 aromatic carbocycles. The number of hydrogen-bond acceptors (Lipinski definition) is 7. The molecule has 0 radical (unpaired) electrons. The molecule has 29 heavy (non-hydrogen) atoms. The Hall–Kier alpha value is -3.07. The monoisotopic (exact) mass is 416 g/mol. The molecule has 150 valence electrons. The van der Waals surface area contributed by atoms with Crippen molar-refractivity contribution in [2.45, 2.75) is 26.3 Å². The average Bonchev–Trinajstić information content (AvgIpc) is 3.31. The number of aromatic nitrogens is 2. The van der Waals surface area contributed by atoms with Crippen molar-refractivity contribution >= 4 is 33.3 Å². The molecule has 0 atom stereocenters. The highest BCUT2D eigenvalue weighted by Gasteiger charge is 2.25. The zero-order valence-electron chi connectivity index (χ0n) is 15.8. The molecule has 0 saturated heterocycles. The van der Waals surface area contributed by atoms with Gasteiger partial charge in [-0.25, -0.2) is 14.2 Å². The van der Waals surface area contributed by atoms with Crippen LogP contribution in [-0.2, 0) is 17.7 Å². The molecule has 0 amide bonds. The number of benzene rings is 1. The normalized spacial score (nSPS) is 12.8. The van der Waals surface area contributed by atoms with E-state index in [4.69, 9.17) is 9.47 Å². The topological polar surface area (TPSA) is 87.5 Å². The number of thiophene rings is 1. The van der Waals surface area contributed by atoms with Gasteiger partial charge in [0.05, 0.1) is 18.1 Å². The molecule has 0 fully saturated rings. The van der Waals surface area contributed by atoms with E-state index in [1.54, 1.807) is 11.5 Å². The maximum atomic E-state index is 13.5. The van der Waals surface area contributed by atoms with Crippen LogP contribution in [0.2, 0.25) is 0 Å². The van der Waals surface area contributed by atoms with Gasteiger partial charge in [-0.1, -0.05) is 0 Å². The van der Waals surface area contributed by atoms with Gasteiger partial charge in [-0.05, 0) is 37.1 Å². The largest absolute Gasteiger partial charge is 0.496 e. The highest BCUT2D eigenvalue weighted by atomic mass is 32.1. The van der Waals surface area contributed by atoms with E-state index < -0.39 is 24.2 Å². The smallest absolute Gasteiger partial charge is 0.349 e. The number of ketones is 1. The fraction of sp³-hybridized carbons (Fsp3) is 0.300. The summed E-state index contributed by atoms with van der Waals surface area (Å²) in [5.41, 5.74) is 0.325. The molecular formula is C20H17FN2O5S. The lowest BCUT2D eigenvalue weighted by Crippen LogP contribution is -2.20. The lowest BCUT2D eigenvalue weighted by atomic mass is 10.1. The number of esters is 1. The number of halogens is 1. The summed E-state index contributed by atoms with van der Waals surface area (Å²) >= 11 is 1.07. The Morgan fingerprint density at radius 2 is 2.14 bits per heavy atom. The zero-order valence-corrected chi connectivity index (χ0v) is 16.6. The standard InChI is InChI=1S/C20H17FN2O5S/c1-10-16-18(22-15-4-3-7-23(15)19(16)25)29-17(10)20(26)28-9-13(24)12-8-11(21)5-6-14(12)27-2/h5-6,8H,3-4,7,9H2,1-2H3. The summed E-state index contributed by atoms with van der Waals surface area (Å²) in [5.74, 6) is -1.00. The lowest BCUT2D eigenvalue weighted by Gasteiger charge is -2.08. The molecule has 4 rings (SSSR count). The minimum atomic E-state index is -0.723. The number of Topliss-reactive ketones (excluding diaryl/α,β-unsaturated/α-hetero) is 1. The predicted molar refractivity (Wildman–Crippen MR) is 105 cm³/mol. The van der Waals surface area contributed by atoms with Gasteiger partial charge in [0.25, 0.3) is 5.56 Å². The van der Waals surface area contributed by atoms with E-state index in [1.807, 2.05) is 0 Å². The quantitative estimate of drug-likeness (QED) is 0.470. The maximum absolute atomic E-state index is 13.5. The first-order valence-electron chi connectivity index (χ1n) is 8.97. The van der Waals surface area contributed by atoms with Crippen LogP contribution in [-0.4, -0.2) is 35.0 Å². The number of carbonyl (C=O) groups excluding carboxylic acids is 2. The molecule has 1 aliphatic rings. The van der Waals surface area contributed by atoms with E-state index in [9.17, 15) is 18.8 Å². The van der Waals surface area contributed by atoms with Gasteiger partial charge in [0, 0.05) is 13.0 Å². The Morgan fingerprint density at radius 1 is 1.34 bits per heavy atom. The van der Waals surface area contributed by atoms with Crippen LogP contribution in [0.1, 0.15) is 37.8 Å². The second kappa shape index (κ2) is 7.40. The van der Waals surface area contributed by atoms with Crippen molar-refractivity contribution < 1.29 is 23.5 Å². The molecule has 0 unspecified atom stereocenters. The highest BCUT2D eigenvalue weighted by Crippen LogP contribution is 2.29. The van der Waals surface area contributed by atoms with Crippen molar-refractivity contribution in [1.82, 2.24) is 9.55 Å². The third-order valence-corrected chi connectivity index (χ3v) is 6.06. The molecule has 1 aliphatic heterocycles. The van der Waals surface area contributed by atoms with Crippen molar-refractivity contribution in [1.29, 1.82) is 0 Å². The third kappa shape index (κ3) is 3.31. The molecule has 0 N–H and O–H groups in total. The SMILES string of the molecule is COc1ccc(F)cc1C(=O)COC(=O)c1sc2nc3n(c(=O)c2c1C)CCC3. The molecule has 0 aliphatic carbocycles. The van der Waals surface area contributed by atoms with E-state index in [2.05, 4.69) is 4.98 Å². The van der Waals surface area contributed by atoms with Gasteiger partial charge >= 0.3 is 5.97 Å². The van der Waals surface area contributed by atoms with E-state index in [0.717, 1.165) is 36.1 Å². The summed E-state index contributed by atoms with van der Waals surface area (Å²) in [4.78, 5) is 42.9. The van der Waals surface area contributed by atoms with Crippen molar-refractivity contribution in [2.24, 2.45) is 0 Å². The summed E-state index contributed by atoms with van der Waals surface area (Å²) in [5, 5.41) is 0.408. The Balaban J connectivity index is 1.58. The summed E-state index contributed by atoms with van der Waals surface area (Å²) in [6.07, 6.45) is 1.60. The number of nitrogens with zero attached hydrogens (tertiary/aromatic N) is 2. The van der Waals surface area contributed by atoms with Crippen LogP contribution in [0.15, 0.2) is 23.0 Å². The molecule has 2 aromatic heterocycles. The van der Waals surface area contributed by atoms with E-state index >= 15 is 0 Å². The van der Waals surface area contributed by atoms with Crippen molar-refractivity contribution in [3.63, 3.8) is 0 Å². The number of aryl methyl sites for hydroxylation is 2. The number of ether oxygens (including phenoxy) is 2. The fourth-order valence-electron chi connectivity index (χ4n) is 3.44. The number of fused-ring (bicyclic) bond motifs is 2. The highest BCUT2D eigenvalue weighted by molar-refractivity contribution is 7.20. The maximum Gasteiger partial charge on any atom is 0.349 e. The summed E-state index contributed by atoms with van der Waals surface area (Å²) in [6.45, 7) is 1.71. The molecule has 0 bridgehead atoms. The number of rotatable bonds is 5. The van der Waals surface area contributed by atoms with Crippen LogP contribution < -0.4 is 10.3 Å². The first-order valence-corrected chi connectivity index (χ1v) is 9.79. The van der Waals surface area contributed by atoms with Gasteiger partial charge in [0.2, 0.25) is 5.78 Å². The first kappa shape index (κ1) is 19.3. The molecule has 7 nitrogen and oxygen atoms in total. The van der Waals surface area contributed by atoms with E-state index in [1.165, 1.54) is 19.2 Å². The summed E-state index contributed by atoms with van der Waals surface area (Å²) < 4.78 is 25.3. The third-order valence-electron chi connectivity index (χ3n) is 4.89. The summed E-state index contributed by atoms with van der Waals surface area (Å²) in [6, 6.07) is 3.54. The predicted octanol–water partition coefficient (Wildman–Crippen LogP) is 2.90. The van der Waals surface area contributed by atoms with Gasteiger partial charge in [-0.2, -0.15) is 0 Å². The minimum Gasteiger partial charge on any atom is -0.496 e. The molecular weight excluding hydrogens is 399 g/mol. The van der Waals surface area contributed by atoms with Crippen LogP contribution >= 0.6 is 11.3 Å². The summed E-state index contributed by atoms with van der Waals surface area (Å²) in [7, 11) is 1.36. The molecule has 0 spiro atoms. The fourth-order valence-corrected chi connectivity index (χ4v) is 4.53. The van der Waals surface area contributed by atoms with Crippen LogP contribution in [0.25, 0.3) is 10.2 Å². The number of carbonyl (C=O) groups is 2. The van der Waals surface area contributed by atoms with Gasteiger partial charge in [-0.3, -0.25) is 14.2 Å². The average molecular weight is 416 g/mol. The van der Waals surface area contributed by atoms with Gasteiger partial charge < -0.3 is 9.47 Å². The van der Waals surface area contributed by atoms with Crippen molar-refractivity contribution in [3.05, 3.63) is 56.2 Å². The van der Waals surface area contributed by atoms with Gasteiger partial charge in [-0.15, -0.1) is 11.3 Å². The van der Waals surface area contributed by atoms with Crippen molar-refractivity contribution in [2.75, 3.05) is 13.7 Å². The van der Waals surface area contributed by atoms with Gasteiger partial charge in [0.15, 0.2) is 6.61 Å². The molecule has 0 saturated carbocycles.